The predicted octanol–water partition coefficient (Wildman–Crippen LogP) is 0.962. The molecule has 0 aliphatic carbocycles. The number of nitriles is 1. The lowest BCUT2D eigenvalue weighted by atomic mass is 10.0. The molecular formula is C14H15ClF2N6O3S. The zero-order chi connectivity index (χ0) is 19.9. The van der Waals surface area contributed by atoms with Crippen LogP contribution in [0.4, 0.5) is 14.7 Å². The number of aryl methyl sites for hydroxylation is 1. The summed E-state index contributed by atoms with van der Waals surface area (Å²) in [6.07, 6.45) is 0.271. The van der Waals surface area contributed by atoms with E-state index < -0.39 is 34.5 Å². The fourth-order valence-electron chi connectivity index (χ4n) is 2.93. The van der Waals surface area contributed by atoms with Gasteiger partial charge in [-0.1, -0.05) is 11.6 Å². The number of piperidine rings is 1. The van der Waals surface area contributed by atoms with Crippen LogP contribution in [0.25, 0.3) is 5.52 Å². The molecule has 3 rings (SSSR count). The summed E-state index contributed by atoms with van der Waals surface area (Å²) in [4.78, 5) is 4.08. The molecule has 1 aliphatic heterocycles. The summed E-state index contributed by atoms with van der Waals surface area (Å²) in [5.41, 5.74) is 1.23. The molecule has 1 saturated heterocycles. The monoisotopic (exact) mass is 420 g/mol. The lowest BCUT2D eigenvalue weighted by Gasteiger charge is -2.35. The Morgan fingerprint density at radius 1 is 1.52 bits per heavy atom. The van der Waals surface area contributed by atoms with E-state index in [0.717, 1.165) is 0 Å². The van der Waals surface area contributed by atoms with Crippen molar-refractivity contribution in [1.29, 1.82) is 5.26 Å². The number of fused-ring (bicyclic) bond motifs is 1. The van der Waals surface area contributed by atoms with Crippen LogP contribution in [0, 0.1) is 18.3 Å². The van der Waals surface area contributed by atoms with Gasteiger partial charge in [0.15, 0.2) is 0 Å². The first-order valence-electron chi connectivity index (χ1n) is 7.82. The molecule has 9 nitrogen and oxygen atoms in total. The second kappa shape index (κ2) is 7.16. The van der Waals surface area contributed by atoms with Crippen LogP contribution in [0.15, 0.2) is 6.20 Å². The van der Waals surface area contributed by atoms with Crippen LogP contribution in [-0.2, 0) is 10.0 Å². The van der Waals surface area contributed by atoms with E-state index in [9.17, 15) is 22.3 Å². The van der Waals surface area contributed by atoms with Crippen LogP contribution in [-0.4, -0.2) is 63.4 Å². The number of alkyl halides is 2. The Bertz CT molecular complexity index is 1020. The van der Waals surface area contributed by atoms with Gasteiger partial charge in [-0.15, -0.1) is 5.10 Å². The molecule has 27 heavy (non-hydrogen) atoms. The number of β-amino-alcohol motifs (C(OH)–C–C–N with tert-alkyl or cyclic N) is 1. The molecule has 0 bridgehead atoms. The second-order valence-electron chi connectivity index (χ2n) is 6.04. The minimum atomic E-state index is -4.74. The lowest BCUT2D eigenvalue weighted by Crippen LogP contribution is -2.52. The van der Waals surface area contributed by atoms with Gasteiger partial charge in [0, 0.05) is 13.1 Å². The zero-order valence-corrected chi connectivity index (χ0v) is 15.5. The number of hydrogen-bond acceptors (Lipinski definition) is 7. The van der Waals surface area contributed by atoms with Crippen LogP contribution in [0.2, 0.25) is 5.02 Å². The summed E-state index contributed by atoms with van der Waals surface area (Å²) < 4.78 is 50.3. The molecule has 0 unspecified atom stereocenters. The third-order valence-electron chi connectivity index (χ3n) is 4.41. The average Bonchev–Trinajstić information content (AvgIpc) is 2.86. The van der Waals surface area contributed by atoms with Crippen molar-refractivity contribution in [3.8, 4) is 6.07 Å². The zero-order valence-electron chi connectivity index (χ0n) is 14.0. The molecule has 2 atom stereocenters. The Labute approximate surface area is 158 Å². The molecule has 0 spiro atoms. The van der Waals surface area contributed by atoms with E-state index in [1.807, 2.05) is 6.07 Å². The normalized spacial score (nSPS) is 21.5. The summed E-state index contributed by atoms with van der Waals surface area (Å²) >= 11 is 6.11. The van der Waals surface area contributed by atoms with Gasteiger partial charge in [-0.25, -0.2) is 17.9 Å². The first-order valence-corrected chi connectivity index (χ1v) is 9.70. The number of rotatable bonds is 4. The molecule has 13 heteroatoms. The smallest absolute Gasteiger partial charge is 0.350 e. The Morgan fingerprint density at radius 3 is 2.81 bits per heavy atom. The maximum Gasteiger partial charge on any atom is 0.350 e. The first kappa shape index (κ1) is 19.7. The number of nitrogens with zero attached hydrogens (tertiary/aromatic N) is 5. The van der Waals surface area contributed by atoms with Gasteiger partial charge in [-0.05, 0) is 13.3 Å². The summed E-state index contributed by atoms with van der Waals surface area (Å²) in [5.74, 6) is -3.41. The van der Waals surface area contributed by atoms with Crippen LogP contribution < -0.4 is 5.32 Å². The van der Waals surface area contributed by atoms with E-state index in [1.165, 1.54) is 10.7 Å². The number of halogens is 3. The third kappa shape index (κ3) is 3.43. The van der Waals surface area contributed by atoms with Crippen molar-refractivity contribution in [2.45, 2.75) is 31.2 Å². The minimum absolute atomic E-state index is 0.0867. The van der Waals surface area contributed by atoms with Gasteiger partial charge < -0.3 is 10.4 Å². The first-order chi connectivity index (χ1) is 12.7. The highest BCUT2D eigenvalue weighted by atomic mass is 35.5. The largest absolute Gasteiger partial charge is 0.390 e. The Hall–Kier alpha value is -2.07. The molecule has 3 heterocycles. The standard InChI is InChI=1S/C14H15ClF2N6O3S/c1-7-8(4-18)12(15)10-5-19-14(21-23(7)10)20-9-2-3-22(6-11(9)24)27(25,26)13(16)17/h5,9,11,13,24H,2-3,6H2,1H3,(H,20,21)/t9-,11-/m1/s1. The highest BCUT2D eigenvalue weighted by molar-refractivity contribution is 7.89. The molecule has 0 radical (unpaired) electrons. The van der Waals surface area contributed by atoms with Crippen LogP contribution in [0.1, 0.15) is 17.7 Å². The molecular weight excluding hydrogens is 406 g/mol. The van der Waals surface area contributed by atoms with Crippen LogP contribution >= 0.6 is 11.6 Å². The maximum absolute atomic E-state index is 12.6. The molecule has 2 N–H and O–H groups in total. The Kier molecular flexibility index (Phi) is 5.22. The molecule has 1 aliphatic rings. The van der Waals surface area contributed by atoms with Gasteiger partial charge in [-0.3, -0.25) is 0 Å². The van der Waals surface area contributed by atoms with Crippen LogP contribution in [0.3, 0.4) is 0 Å². The number of aromatic nitrogens is 3. The highest BCUT2D eigenvalue weighted by Crippen LogP contribution is 2.27. The topological polar surface area (TPSA) is 124 Å². The van der Waals surface area contributed by atoms with E-state index in [4.69, 9.17) is 16.9 Å². The van der Waals surface area contributed by atoms with E-state index in [-0.39, 0.29) is 29.5 Å². The highest BCUT2D eigenvalue weighted by Gasteiger charge is 2.38. The van der Waals surface area contributed by atoms with Crippen molar-refractivity contribution in [3.63, 3.8) is 0 Å². The van der Waals surface area contributed by atoms with Gasteiger partial charge in [0.25, 0.3) is 10.0 Å². The van der Waals surface area contributed by atoms with Gasteiger partial charge >= 0.3 is 5.76 Å². The molecule has 2 aromatic rings. The molecule has 0 saturated carbocycles. The molecule has 146 valence electrons. The van der Waals surface area contributed by atoms with E-state index >= 15 is 0 Å². The van der Waals surface area contributed by atoms with E-state index in [2.05, 4.69) is 15.4 Å². The predicted molar refractivity (Wildman–Crippen MR) is 92.0 cm³/mol. The quantitative estimate of drug-likeness (QED) is 0.755. The van der Waals surface area contributed by atoms with Crippen LogP contribution in [0.5, 0.6) is 0 Å². The number of hydrogen-bond donors (Lipinski definition) is 2. The summed E-state index contributed by atoms with van der Waals surface area (Å²) in [6, 6.07) is 1.35. The Morgan fingerprint density at radius 2 is 2.22 bits per heavy atom. The summed E-state index contributed by atoms with van der Waals surface area (Å²) in [5, 5.41) is 26.6. The number of aliphatic hydroxyl groups is 1. The fourth-order valence-corrected chi connectivity index (χ4v) is 4.18. The average molecular weight is 421 g/mol. The SMILES string of the molecule is Cc1c(C#N)c(Cl)c2cnc(N[C@@H]3CCN(S(=O)(=O)C(F)F)C[C@H]3O)nn12. The number of sulfonamides is 1. The van der Waals surface area contributed by atoms with Crippen molar-refractivity contribution in [2.75, 3.05) is 18.4 Å². The molecule has 2 aromatic heterocycles. The maximum atomic E-state index is 12.6. The van der Waals surface area contributed by atoms with Crippen molar-refractivity contribution >= 4 is 33.1 Å². The van der Waals surface area contributed by atoms with Crippen molar-refractivity contribution in [1.82, 2.24) is 18.9 Å². The summed E-state index contributed by atoms with van der Waals surface area (Å²) in [6.45, 7) is 1.03. The van der Waals surface area contributed by atoms with Crippen molar-refractivity contribution in [2.24, 2.45) is 0 Å². The number of nitrogens with one attached hydrogen (secondary N) is 1. The Balaban J connectivity index is 1.79. The van der Waals surface area contributed by atoms with E-state index in [0.29, 0.717) is 15.5 Å². The molecule has 1 fully saturated rings. The van der Waals surface area contributed by atoms with Crippen molar-refractivity contribution in [3.05, 3.63) is 22.5 Å². The van der Waals surface area contributed by atoms with Crippen molar-refractivity contribution < 1.29 is 22.3 Å². The van der Waals surface area contributed by atoms with Gasteiger partial charge in [-0.2, -0.15) is 18.3 Å². The molecule has 0 amide bonds. The lowest BCUT2D eigenvalue weighted by molar-refractivity contribution is 0.0904. The summed E-state index contributed by atoms with van der Waals surface area (Å²) in [7, 11) is -4.74. The third-order valence-corrected chi connectivity index (χ3v) is 6.30. The number of anilines is 1. The van der Waals surface area contributed by atoms with Gasteiger partial charge in [0.05, 0.1) is 34.6 Å². The van der Waals surface area contributed by atoms with E-state index in [1.54, 1.807) is 6.92 Å². The molecule has 0 aromatic carbocycles. The van der Waals surface area contributed by atoms with Gasteiger partial charge in [0.2, 0.25) is 5.95 Å². The van der Waals surface area contributed by atoms with Gasteiger partial charge in [0.1, 0.15) is 11.6 Å². The fraction of sp³-hybridized carbons (Fsp3) is 0.500. The minimum Gasteiger partial charge on any atom is -0.390 e. The number of aliphatic hydroxyl groups excluding tert-OH is 1. The second-order valence-corrected chi connectivity index (χ2v) is 8.32.